The monoisotopic (exact) mass is 465 g/mol. The van der Waals surface area contributed by atoms with E-state index in [0.29, 0.717) is 39.3 Å². The summed E-state index contributed by atoms with van der Waals surface area (Å²) in [5, 5.41) is 0.675. The predicted octanol–water partition coefficient (Wildman–Crippen LogP) is 3.84. The number of thiophene rings is 1. The van der Waals surface area contributed by atoms with Crippen molar-refractivity contribution in [3.8, 4) is 10.8 Å². The van der Waals surface area contributed by atoms with Gasteiger partial charge in [0.1, 0.15) is 10.6 Å². The molecule has 1 amide bonds. The molecule has 0 bridgehead atoms. The number of rotatable bonds is 4. The lowest BCUT2D eigenvalue weighted by molar-refractivity contribution is 0.0702. The first-order chi connectivity index (χ1) is 14.2. The topological polar surface area (TPSA) is 83.7 Å². The summed E-state index contributed by atoms with van der Waals surface area (Å²) in [5.74, 6) is 1.33. The lowest BCUT2D eigenvalue weighted by atomic mass is 10.3. The van der Waals surface area contributed by atoms with E-state index in [-0.39, 0.29) is 19.0 Å². The Hall–Kier alpha value is -2.01. The van der Waals surface area contributed by atoms with Gasteiger partial charge in [-0.3, -0.25) is 4.79 Å². The number of piperazine rings is 1. The first-order valence-corrected chi connectivity index (χ1v) is 12.6. The summed E-state index contributed by atoms with van der Waals surface area (Å²) in [7, 11) is -3.54. The van der Waals surface area contributed by atoms with Crippen molar-refractivity contribution in [3.05, 3.63) is 44.3 Å². The van der Waals surface area contributed by atoms with E-state index < -0.39 is 10.0 Å². The molecule has 0 atom stereocenters. The van der Waals surface area contributed by atoms with Crippen LogP contribution in [0.2, 0.25) is 0 Å². The Kier molecular flexibility index (Phi) is 5.60. The summed E-state index contributed by atoms with van der Waals surface area (Å²) >= 11 is 2.79. The van der Waals surface area contributed by atoms with Crippen LogP contribution in [0.15, 0.2) is 27.5 Å². The highest BCUT2D eigenvalue weighted by Crippen LogP contribution is 2.31. The summed E-state index contributed by atoms with van der Waals surface area (Å²) < 4.78 is 33.1. The number of hydrogen-bond donors (Lipinski definition) is 0. The van der Waals surface area contributed by atoms with Gasteiger partial charge < -0.3 is 9.32 Å². The minimum atomic E-state index is -3.54. The van der Waals surface area contributed by atoms with Crippen molar-refractivity contribution < 1.29 is 17.6 Å². The van der Waals surface area contributed by atoms with Gasteiger partial charge in [-0.05, 0) is 45.9 Å². The molecule has 7 nitrogen and oxygen atoms in total. The third-order valence-electron chi connectivity index (χ3n) is 5.08. The second-order valence-corrected chi connectivity index (χ2v) is 11.7. The lowest BCUT2D eigenvalue weighted by Gasteiger charge is -2.33. The highest BCUT2D eigenvalue weighted by Gasteiger charge is 2.33. The molecule has 0 aliphatic carbocycles. The summed E-state index contributed by atoms with van der Waals surface area (Å²) in [5.41, 5.74) is 0.661. The number of thiazole rings is 1. The van der Waals surface area contributed by atoms with E-state index in [2.05, 4.69) is 4.98 Å². The molecule has 0 saturated carbocycles. The Labute approximate surface area is 184 Å². The van der Waals surface area contributed by atoms with Crippen molar-refractivity contribution in [1.82, 2.24) is 14.2 Å². The maximum absolute atomic E-state index is 13.1. The van der Waals surface area contributed by atoms with Gasteiger partial charge in [0.15, 0.2) is 10.8 Å². The Morgan fingerprint density at radius 3 is 2.33 bits per heavy atom. The van der Waals surface area contributed by atoms with Crippen molar-refractivity contribution in [2.75, 3.05) is 26.2 Å². The highest BCUT2D eigenvalue weighted by atomic mass is 32.2. The molecule has 0 aromatic carbocycles. The first kappa shape index (κ1) is 21.2. The van der Waals surface area contributed by atoms with Crippen LogP contribution in [0.4, 0.5) is 0 Å². The van der Waals surface area contributed by atoms with Gasteiger partial charge in [0.2, 0.25) is 10.0 Å². The largest absolute Gasteiger partial charge is 0.459 e. The number of aromatic nitrogens is 1. The second-order valence-electron chi connectivity index (χ2n) is 7.32. The van der Waals surface area contributed by atoms with E-state index in [9.17, 15) is 13.2 Å². The predicted molar refractivity (Wildman–Crippen MR) is 118 cm³/mol. The zero-order valence-corrected chi connectivity index (χ0v) is 19.7. The minimum Gasteiger partial charge on any atom is -0.459 e. The van der Waals surface area contributed by atoms with E-state index in [1.807, 2.05) is 39.8 Å². The van der Waals surface area contributed by atoms with E-state index in [1.54, 1.807) is 11.0 Å². The number of furan rings is 1. The smallest absolute Gasteiger partial charge is 0.265 e. The van der Waals surface area contributed by atoms with Crippen LogP contribution >= 0.6 is 22.7 Å². The standard InChI is InChI=1S/C20H23N3O4S3/c1-12-5-6-16(27-12)19-21-14(3)18(29-19)20(24)22-7-9-23(10-8-22)30(25,26)17-11-13(2)28-15(17)4/h5-6,11H,7-10H2,1-4H3. The SMILES string of the molecule is Cc1ccc(-c2nc(C)c(C(=O)N3CCN(S(=O)(=O)c4cc(C)sc4C)CC3)s2)o1. The Bertz CT molecular complexity index is 1200. The van der Waals surface area contributed by atoms with Gasteiger partial charge in [-0.2, -0.15) is 4.31 Å². The molecule has 0 unspecified atom stereocenters. The summed E-state index contributed by atoms with van der Waals surface area (Å²) in [6.45, 7) is 8.68. The number of carbonyl (C=O) groups is 1. The molecule has 1 saturated heterocycles. The van der Waals surface area contributed by atoms with Crippen molar-refractivity contribution in [1.29, 1.82) is 0 Å². The van der Waals surface area contributed by atoms with Gasteiger partial charge in [0.05, 0.1) is 10.6 Å². The van der Waals surface area contributed by atoms with Crippen LogP contribution in [0.5, 0.6) is 0 Å². The van der Waals surface area contributed by atoms with E-state index in [0.717, 1.165) is 15.5 Å². The molecule has 10 heteroatoms. The molecular weight excluding hydrogens is 442 g/mol. The molecule has 0 spiro atoms. The number of hydrogen-bond acceptors (Lipinski definition) is 7. The molecule has 1 fully saturated rings. The van der Waals surface area contributed by atoms with Crippen LogP contribution < -0.4 is 0 Å². The van der Waals surface area contributed by atoms with E-state index in [1.165, 1.54) is 27.0 Å². The zero-order chi connectivity index (χ0) is 21.6. The second kappa shape index (κ2) is 7.92. The lowest BCUT2D eigenvalue weighted by Crippen LogP contribution is -2.50. The quantitative estimate of drug-likeness (QED) is 0.584. The summed E-state index contributed by atoms with van der Waals surface area (Å²) in [6, 6.07) is 5.44. The normalized spacial score (nSPS) is 15.7. The van der Waals surface area contributed by atoms with E-state index in [4.69, 9.17) is 4.42 Å². The number of sulfonamides is 1. The molecule has 160 valence electrons. The van der Waals surface area contributed by atoms with Gasteiger partial charge in [-0.1, -0.05) is 0 Å². The molecule has 3 aromatic rings. The summed E-state index contributed by atoms with van der Waals surface area (Å²) in [6.07, 6.45) is 0. The Morgan fingerprint density at radius 1 is 1.07 bits per heavy atom. The Morgan fingerprint density at radius 2 is 1.77 bits per heavy atom. The first-order valence-electron chi connectivity index (χ1n) is 9.57. The fourth-order valence-corrected chi connectivity index (χ4v) is 7.47. The van der Waals surface area contributed by atoms with Crippen LogP contribution in [0.25, 0.3) is 10.8 Å². The molecule has 0 radical (unpaired) electrons. The van der Waals surface area contributed by atoms with E-state index >= 15 is 0 Å². The molecule has 1 aliphatic rings. The number of carbonyl (C=O) groups excluding carboxylic acids is 1. The fourth-order valence-electron chi connectivity index (χ4n) is 3.53. The molecule has 4 rings (SSSR count). The maximum Gasteiger partial charge on any atom is 0.265 e. The van der Waals surface area contributed by atoms with Gasteiger partial charge in [-0.25, -0.2) is 13.4 Å². The minimum absolute atomic E-state index is 0.112. The van der Waals surface area contributed by atoms with Crippen molar-refractivity contribution in [3.63, 3.8) is 0 Å². The third kappa shape index (κ3) is 3.84. The average Bonchev–Trinajstić information content (AvgIpc) is 3.39. The molecule has 30 heavy (non-hydrogen) atoms. The zero-order valence-electron chi connectivity index (χ0n) is 17.3. The maximum atomic E-state index is 13.1. The molecule has 3 aromatic heterocycles. The number of nitrogens with zero attached hydrogens (tertiary/aromatic N) is 3. The number of aryl methyl sites for hydroxylation is 4. The van der Waals surface area contributed by atoms with Crippen molar-refractivity contribution in [2.45, 2.75) is 32.6 Å². The summed E-state index contributed by atoms with van der Waals surface area (Å²) in [4.78, 5) is 22.0. The van der Waals surface area contributed by atoms with Crippen LogP contribution in [0.1, 0.15) is 30.9 Å². The van der Waals surface area contributed by atoms with Gasteiger partial charge in [-0.15, -0.1) is 22.7 Å². The fraction of sp³-hybridized carbons (Fsp3) is 0.400. The average molecular weight is 466 g/mol. The highest BCUT2D eigenvalue weighted by molar-refractivity contribution is 7.89. The molecule has 1 aliphatic heterocycles. The van der Waals surface area contributed by atoms with Gasteiger partial charge >= 0.3 is 0 Å². The number of amides is 1. The molecule has 0 N–H and O–H groups in total. The van der Waals surface area contributed by atoms with Gasteiger partial charge in [0, 0.05) is 35.9 Å². The van der Waals surface area contributed by atoms with Crippen LogP contribution in [-0.4, -0.2) is 54.7 Å². The van der Waals surface area contributed by atoms with Gasteiger partial charge in [0.25, 0.3) is 5.91 Å². The Balaban J connectivity index is 1.47. The molecule has 4 heterocycles. The molecular formula is C20H23N3O4S3. The van der Waals surface area contributed by atoms with Crippen molar-refractivity contribution >= 4 is 38.6 Å². The van der Waals surface area contributed by atoms with Crippen molar-refractivity contribution in [2.24, 2.45) is 0 Å². The third-order valence-corrected chi connectivity index (χ3v) is 9.36. The van der Waals surface area contributed by atoms with Crippen LogP contribution in [0.3, 0.4) is 0 Å². The van der Waals surface area contributed by atoms with Crippen LogP contribution in [0, 0.1) is 27.7 Å². The van der Waals surface area contributed by atoms with Crippen LogP contribution in [-0.2, 0) is 10.0 Å².